The van der Waals surface area contributed by atoms with Gasteiger partial charge in [0.1, 0.15) is 0 Å². The normalized spacial score (nSPS) is 12.0. The minimum Gasteiger partial charge on any atom is -0.416 e. The number of thiazole rings is 1. The van der Waals surface area contributed by atoms with Crippen molar-refractivity contribution in [1.29, 1.82) is 0 Å². The number of nitrogens with one attached hydrogen (secondary N) is 2. The van der Waals surface area contributed by atoms with Crippen molar-refractivity contribution in [3.63, 3.8) is 0 Å². The van der Waals surface area contributed by atoms with Crippen LogP contribution in [0.5, 0.6) is 0 Å². The van der Waals surface area contributed by atoms with Crippen molar-refractivity contribution in [3.05, 3.63) is 22.0 Å². The summed E-state index contributed by atoms with van der Waals surface area (Å²) in [6.07, 6.45) is 1.25. The number of carbonyl (C=O) groups is 2. The number of amides is 3. The number of nitrogens with zero attached hydrogens (tertiary/aromatic N) is 3. The van der Waals surface area contributed by atoms with E-state index in [0.29, 0.717) is 12.3 Å². The van der Waals surface area contributed by atoms with E-state index in [0.717, 1.165) is 28.9 Å². The van der Waals surface area contributed by atoms with E-state index in [1.807, 2.05) is 26.2 Å². The largest absolute Gasteiger partial charge is 0.416 e. The maximum atomic E-state index is 11.7. The Morgan fingerprint density at radius 3 is 2.88 bits per heavy atom. The molecule has 0 fully saturated rings. The highest BCUT2D eigenvalue weighted by Crippen LogP contribution is 2.18. The van der Waals surface area contributed by atoms with Crippen molar-refractivity contribution in [2.75, 3.05) is 5.75 Å². The van der Waals surface area contributed by atoms with Gasteiger partial charge < -0.3 is 9.73 Å². The number of imide groups is 1. The lowest BCUT2D eigenvalue weighted by Crippen LogP contribution is -2.43. The van der Waals surface area contributed by atoms with Gasteiger partial charge in [0.05, 0.1) is 22.9 Å². The highest BCUT2D eigenvalue weighted by molar-refractivity contribution is 7.99. The molecule has 0 aliphatic carbocycles. The minimum absolute atomic E-state index is 0.0123. The van der Waals surface area contributed by atoms with Gasteiger partial charge >= 0.3 is 6.03 Å². The summed E-state index contributed by atoms with van der Waals surface area (Å²) in [6.45, 7) is 5.74. The molecular formula is C14H19N5O3S2. The first-order valence-electron chi connectivity index (χ1n) is 7.42. The monoisotopic (exact) mass is 369 g/mol. The third-order valence-corrected chi connectivity index (χ3v) is 4.66. The van der Waals surface area contributed by atoms with Crippen LogP contribution in [0, 0.1) is 6.92 Å². The van der Waals surface area contributed by atoms with E-state index in [-0.39, 0.29) is 17.0 Å². The van der Waals surface area contributed by atoms with Crippen LogP contribution >= 0.6 is 23.1 Å². The Bertz CT molecular complexity index is 700. The molecular weight excluding hydrogens is 350 g/mol. The van der Waals surface area contributed by atoms with Gasteiger partial charge in [-0.1, -0.05) is 18.7 Å². The molecule has 3 amide bonds. The molecule has 0 aliphatic heterocycles. The van der Waals surface area contributed by atoms with Crippen LogP contribution in [0.1, 0.15) is 36.9 Å². The van der Waals surface area contributed by atoms with Crippen molar-refractivity contribution >= 4 is 35.0 Å². The molecule has 0 bridgehead atoms. The zero-order chi connectivity index (χ0) is 17.5. The Kier molecular flexibility index (Phi) is 6.73. The van der Waals surface area contributed by atoms with E-state index in [1.165, 1.54) is 0 Å². The first kappa shape index (κ1) is 18.4. The molecule has 0 saturated heterocycles. The molecule has 2 heterocycles. The summed E-state index contributed by atoms with van der Waals surface area (Å²) in [4.78, 5) is 27.6. The first-order chi connectivity index (χ1) is 11.5. The van der Waals surface area contributed by atoms with Gasteiger partial charge in [-0.3, -0.25) is 10.1 Å². The summed E-state index contributed by atoms with van der Waals surface area (Å²) in [5.74, 6) is 0.0409. The molecule has 2 aromatic heterocycles. The highest BCUT2D eigenvalue weighted by atomic mass is 32.2. The van der Waals surface area contributed by atoms with E-state index in [9.17, 15) is 9.59 Å². The fourth-order valence-electron chi connectivity index (χ4n) is 1.66. The second-order valence-electron chi connectivity index (χ2n) is 5.12. The van der Waals surface area contributed by atoms with Crippen molar-refractivity contribution < 1.29 is 14.0 Å². The maximum absolute atomic E-state index is 11.7. The Labute approximate surface area is 147 Å². The lowest BCUT2D eigenvalue weighted by molar-refractivity contribution is -0.117. The molecule has 0 unspecified atom stereocenters. The van der Waals surface area contributed by atoms with Crippen molar-refractivity contribution in [3.8, 4) is 0 Å². The second-order valence-corrected chi connectivity index (χ2v) is 7.10. The molecule has 2 N–H and O–H groups in total. The summed E-state index contributed by atoms with van der Waals surface area (Å²) in [6, 6.07) is -0.488. The molecule has 24 heavy (non-hydrogen) atoms. The van der Waals surface area contributed by atoms with E-state index in [4.69, 9.17) is 4.42 Å². The maximum Gasteiger partial charge on any atom is 0.321 e. The number of thioether (sulfide) groups is 1. The number of aromatic nitrogens is 3. The van der Waals surface area contributed by atoms with Gasteiger partial charge in [-0.05, 0) is 20.3 Å². The van der Waals surface area contributed by atoms with Gasteiger partial charge in [0.2, 0.25) is 11.8 Å². The standard InChI is InChI=1S/C14H19N5O3S2/c1-4-8(2)15-13(21)17-11(20)7-24-14-19-18-12(22-14)5-10-6-23-9(3)16-10/h6,8H,4-5,7H2,1-3H3,(H2,15,17,20,21)/t8-/m1/s1. The number of rotatable bonds is 7. The van der Waals surface area contributed by atoms with Crippen molar-refractivity contribution in [2.24, 2.45) is 0 Å². The average Bonchev–Trinajstić information content (AvgIpc) is 3.14. The molecule has 0 saturated carbocycles. The lowest BCUT2D eigenvalue weighted by Gasteiger charge is -2.11. The quantitative estimate of drug-likeness (QED) is 0.719. The van der Waals surface area contributed by atoms with E-state index >= 15 is 0 Å². The van der Waals surface area contributed by atoms with Crippen LogP contribution in [-0.4, -0.2) is 38.9 Å². The molecule has 0 aromatic carbocycles. The predicted octanol–water partition coefficient (Wildman–Crippen LogP) is 2.14. The van der Waals surface area contributed by atoms with Crippen molar-refractivity contribution in [2.45, 2.75) is 44.9 Å². The molecule has 130 valence electrons. The van der Waals surface area contributed by atoms with E-state index in [1.54, 1.807) is 11.3 Å². The van der Waals surface area contributed by atoms with Crippen LogP contribution in [0.25, 0.3) is 0 Å². The van der Waals surface area contributed by atoms with E-state index < -0.39 is 11.9 Å². The molecule has 2 rings (SSSR count). The molecule has 10 heteroatoms. The summed E-state index contributed by atoms with van der Waals surface area (Å²) < 4.78 is 5.46. The summed E-state index contributed by atoms with van der Waals surface area (Å²) in [5, 5.41) is 15.9. The molecule has 2 aromatic rings. The number of carbonyl (C=O) groups excluding carboxylic acids is 2. The number of urea groups is 1. The van der Waals surface area contributed by atoms with Crippen LogP contribution in [0.4, 0.5) is 4.79 Å². The third kappa shape index (κ3) is 5.93. The van der Waals surface area contributed by atoms with Crippen LogP contribution in [0.2, 0.25) is 0 Å². The summed E-state index contributed by atoms with van der Waals surface area (Å²) in [7, 11) is 0. The second kappa shape index (κ2) is 8.78. The Morgan fingerprint density at radius 2 is 2.21 bits per heavy atom. The van der Waals surface area contributed by atoms with Crippen LogP contribution < -0.4 is 10.6 Å². The molecule has 8 nitrogen and oxygen atoms in total. The Balaban J connectivity index is 1.76. The molecule has 0 aliphatic rings. The van der Waals surface area contributed by atoms with Crippen LogP contribution in [-0.2, 0) is 11.2 Å². The van der Waals surface area contributed by atoms with Crippen molar-refractivity contribution in [1.82, 2.24) is 25.8 Å². The van der Waals surface area contributed by atoms with Gasteiger partial charge in [-0.2, -0.15) is 0 Å². The molecule has 1 atom stereocenters. The molecule has 0 radical (unpaired) electrons. The smallest absolute Gasteiger partial charge is 0.321 e. The van der Waals surface area contributed by atoms with Gasteiger partial charge in [-0.15, -0.1) is 21.5 Å². The van der Waals surface area contributed by atoms with Crippen LogP contribution in [0.3, 0.4) is 0 Å². The minimum atomic E-state index is -0.500. The number of hydrogen-bond donors (Lipinski definition) is 2. The number of aryl methyl sites for hydroxylation is 1. The predicted molar refractivity (Wildman–Crippen MR) is 91.1 cm³/mol. The van der Waals surface area contributed by atoms with E-state index in [2.05, 4.69) is 25.8 Å². The van der Waals surface area contributed by atoms with Gasteiger partial charge in [0, 0.05) is 11.4 Å². The third-order valence-electron chi connectivity index (χ3n) is 3.02. The summed E-state index contributed by atoms with van der Waals surface area (Å²) in [5.41, 5.74) is 0.872. The zero-order valence-electron chi connectivity index (χ0n) is 13.7. The Morgan fingerprint density at radius 1 is 1.42 bits per heavy atom. The Hall–Kier alpha value is -1.94. The topological polar surface area (TPSA) is 110 Å². The first-order valence-corrected chi connectivity index (χ1v) is 9.29. The van der Waals surface area contributed by atoms with Gasteiger partial charge in [0.15, 0.2) is 0 Å². The molecule has 0 spiro atoms. The van der Waals surface area contributed by atoms with Gasteiger partial charge in [-0.25, -0.2) is 9.78 Å². The van der Waals surface area contributed by atoms with Gasteiger partial charge in [0.25, 0.3) is 5.22 Å². The average molecular weight is 369 g/mol. The highest BCUT2D eigenvalue weighted by Gasteiger charge is 2.13. The lowest BCUT2D eigenvalue weighted by atomic mass is 10.3. The van der Waals surface area contributed by atoms with Crippen LogP contribution in [0.15, 0.2) is 15.0 Å². The SMILES string of the molecule is CC[C@@H](C)NC(=O)NC(=O)CSc1nnc(Cc2csc(C)n2)o1. The fourth-order valence-corrected chi connectivity index (χ4v) is 2.86. The fraction of sp³-hybridized carbons (Fsp3) is 0.500. The zero-order valence-corrected chi connectivity index (χ0v) is 15.3. The summed E-state index contributed by atoms with van der Waals surface area (Å²) >= 11 is 2.64. The number of hydrogen-bond acceptors (Lipinski definition) is 8.